The Balaban J connectivity index is 2.45. The zero-order valence-electron chi connectivity index (χ0n) is 8.16. The number of hydrogen-bond acceptors (Lipinski definition) is 3. The van der Waals surface area contributed by atoms with Gasteiger partial charge in [-0.25, -0.2) is 8.42 Å². The van der Waals surface area contributed by atoms with Crippen molar-refractivity contribution in [1.82, 2.24) is 5.32 Å². The monoisotopic (exact) mass is 203 g/mol. The highest BCUT2D eigenvalue weighted by molar-refractivity contribution is 7.94. The lowest BCUT2D eigenvalue weighted by atomic mass is 10.1. The first-order valence-corrected chi connectivity index (χ1v) is 6.46. The summed E-state index contributed by atoms with van der Waals surface area (Å²) in [5, 5.41) is 4.62. The second-order valence-electron chi connectivity index (χ2n) is 3.44. The minimum absolute atomic E-state index is 0.0231. The van der Waals surface area contributed by atoms with E-state index in [-0.39, 0.29) is 11.8 Å². The summed E-state index contributed by atoms with van der Waals surface area (Å²) in [6, 6.07) is 0.456. The lowest BCUT2D eigenvalue weighted by Gasteiger charge is -2.18. The predicted octanol–water partition coefficient (Wildman–Crippen LogP) is 1.08. The van der Waals surface area contributed by atoms with Gasteiger partial charge >= 0.3 is 0 Å². The summed E-state index contributed by atoms with van der Waals surface area (Å²) in [5.74, 6) is 0.226. The summed E-state index contributed by atoms with van der Waals surface area (Å²) in [7, 11) is -2.90. The molecule has 0 fully saturated rings. The third-order valence-electron chi connectivity index (χ3n) is 2.37. The summed E-state index contributed by atoms with van der Waals surface area (Å²) in [4.78, 5) is 0. The second kappa shape index (κ2) is 4.24. The fourth-order valence-corrected chi connectivity index (χ4v) is 2.75. The molecule has 0 aromatic rings. The molecular weight excluding hydrogens is 186 g/mol. The van der Waals surface area contributed by atoms with Crippen LogP contribution in [0.25, 0.3) is 0 Å². The third-order valence-corrected chi connectivity index (χ3v) is 3.76. The molecule has 1 aliphatic heterocycles. The smallest absolute Gasteiger partial charge is 0.173 e. The normalized spacial score (nSPS) is 25.6. The Kier molecular flexibility index (Phi) is 3.50. The average molecular weight is 203 g/mol. The van der Waals surface area contributed by atoms with Gasteiger partial charge in [-0.3, -0.25) is 0 Å². The molecule has 1 atom stereocenters. The maximum Gasteiger partial charge on any atom is 0.173 e. The molecule has 4 heteroatoms. The topological polar surface area (TPSA) is 46.2 Å². The standard InChI is InChI=1S/C9H17NO2S/c1-3-8(4-2)10-9-5-6-13(11,12)7-9/h5-6,8-10H,3-4,7H2,1-2H3. The molecule has 76 valence electrons. The zero-order valence-corrected chi connectivity index (χ0v) is 8.97. The van der Waals surface area contributed by atoms with E-state index in [0.29, 0.717) is 6.04 Å². The highest BCUT2D eigenvalue weighted by Crippen LogP contribution is 2.10. The highest BCUT2D eigenvalue weighted by Gasteiger charge is 2.22. The van der Waals surface area contributed by atoms with Crippen LogP contribution < -0.4 is 5.32 Å². The van der Waals surface area contributed by atoms with Gasteiger partial charge in [0.1, 0.15) is 0 Å². The Bertz CT molecular complexity index is 278. The van der Waals surface area contributed by atoms with Crippen LogP contribution in [0.3, 0.4) is 0 Å². The highest BCUT2D eigenvalue weighted by atomic mass is 32.2. The quantitative estimate of drug-likeness (QED) is 0.743. The minimum atomic E-state index is -2.90. The van der Waals surface area contributed by atoms with Crippen LogP contribution in [0.15, 0.2) is 11.5 Å². The van der Waals surface area contributed by atoms with Crippen LogP contribution in [0.5, 0.6) is 0 Å². The van der Waals surface area contributed by atoms with Crippen molar-refractivity contribution in [2.75, 3.05) is 5.75 Å². The van der Waals surface area contributed by atoms with E-state index in [0.717, 1.165) is 12.8 Å². The van der Waals surface area contributed by atoms with E-state index in [4.69, 9.17) is 0 Å². The molecule has 1 N–H and O–H groups in total. The largest absolute Gasteiger partial charge is 0.307 e. The zero-order chi connectivity index (χ0) is 9.90. The second-order valence-corrected chi connectivity index (χ2v) is 5.38. The van der Waals surface area contributed by atoms with Crippen LogP contribution in [0.1, 0.15) is 26.7 Å². The molecule has 0 bridgehead atoms. The first kappa shape index (κ1) is 10.7. The van der Waals surface area contributed by atoms with Crippen LogP contribution in [-0.4, -0.2) is 26.3 Å². The SMILES string of the molecule is CCC(CC)NC1C=CS(=O)(=O)C1. The van der Waals surface area contributed by atoms with Crippen molar-refractivity contribution >= 4 is 9.84 Å². The molecule has 0 saturated carbocycles. The third kappa shape index (κ3) is 3.12. The number of hydrogen-bond donors (Lipinski definition) is 1. The van der Waals surface area contributed by atoms with Gasteiger partial charge in [-0.2, -0.15) is 0 Å². The van der Waals surface area contributed by atoms with E-state index in [9.17, 15) is 8.42 Å². The van der Waals surface area contributed by atoms with E-state index in [1.807, 2.05) is 0 Å². The molecule has 3 nitrogen and oxygen atoms in total. The Morgan fingerprint density at radius 3 is 2.46 bits per heavy atom. The average Bonchev–Trinajstić information content (AvgIpc) is 2.41. The fraction of sp³-hybridized carbons (Fsp3) is 0.778. The molecule has 13 heavy (non-hydrogen) atoms. The fourth-order valence-electron chi connectivity index (χ4n) is 1.51. The maximum atomic E-state index is 11.1. The van der Waals surface area contributed by atoms with Gasteiger partial charge in [-0.1, -0.05) is 19.9 Å². The molecule has 1 rings (SSSR count). The van der Waals surface area contributed by atoms with E-state index >= 15 is 0 Å². The van der Waals surface area contributed by atoms with Gasteiger partial charge in [0.05, 0.1) is 5.75 Å². The summed E-state index contributed by atoms with van der Waals surface area (Å²) in [5.41, 5.74) is 0. The predicted molar refractivity (Wildman–Crippen MR) is 54.2 cm³/mol. The van der Waals surface area contributed by atoms with Crippen LogP contribution in [0.4, 0.5) is 0 Å². The van der Waals surface area contributed by atoms with Gasteiger partial charge < -0.3 is 5.32 Å². The molecule has 0 aromatic heterocycles. The summed E-state index contributed by atoms with van der Waals surface area (Å²) >= 11 is 0. The van der Waals surface area contributed by atoms with Crippen molar-refractivity contribution in [1.29, 1.82) is 0 Å². The molecular formula is C9H17NO2S. The molecule has 1 unspecified atom stereocenters. The number of nitrogens with one attached hydrogen (secondary N) is 1. The van der Waals surface area contributed by atoms with Gasteiger partial charge in [0, 0.05) is 17.5 Å². The molecule has 0 saturated heterocycles. The lowest BCUT2D eigenvalue weighted by Crippen LogP contribution is -2.38. The van der Waals surface area contributed by atoms with Crippen LogP contribution in [0, 0.1) is 0 Å². The first-order chi connectivity index (χ1) is 6.07. The molecule has 1 heterocycles. The Labute approximate surface area is 80.1 Å². The number of rotatable bonds is 4. The molecule has 1 aliphatic rings. The van der Waals surface area contributed by atoms with E-state index in [1.165, 1.54) is 5.41 Å². The summed E-state index contributed by atoms with van der Waals surface area (Å²) in [6.45, 7) is 4.21. The van der Waals surface area contributed by atoms with Crippen LogP contribution in [0.2, 0.25) is 0 Å². The van der Waals surface area contributed by atoms with Gasteiger partial charge in [0.15, 0.2) is 9.84 Å². The van der Waals surface area contributed by atoms with E-state index < -0.39 is 9.84 Å². The van der Waals surface area contributed by atoms with Gasteiger partial charge in [0.2, 0.25) is 0 Å². The lowest BCUT2D eigenvalue weighted by molar-refractivity contribution is 0.462. The Hall–Kier alpha value is -0.350. The Morgan fingerprint density at radius 2 is 2.08 bits per heavy atom. The molecule has 0 radical (unpaired) electrons. The van der Waals surface area contributed by atoms with Gasteiger partial charge in [0.25, 0.3) is 0 Å². The first-order valence-electron chi connectivity index (χ1n) is 4.74. The van der Waals surface area contributed by atoms with Crippen LogP contribution in [-0.2, 0) is 9.84 Å². The maximum absolute atomic E-state index is 11.1. The molecule has 0 amide bonds. The number of sulfone groups is 1. The van der Waals surface area contributed by atoms with Crippen molar-refractivity contribution in [3.8, 4) is 0 Å². The van der Waals surface area contributed by atoms with Crippen LogP contribution >= 0.6 is 0 Å². The van der Waals surface area contributed by atoms with Crippen molar-refractivity contribution in [3.63, 3.8) is 0 Å². The van der Waals surface area contributed by atoms with E-state index in [1.54, 1.807) is 6.08 Å². The Morgan fingerprint density at radius 1 is 1.46 bits per heavy atom. The van der Waals surface area contributed by atoms with Crippen molar-refractivity contribution in [2.24, 2.45) is 0 Å². The summed E-state index contributed by atoms with van der Waals surface area (Å²) in [6.07, 6.45) is 3.83. The minimum Gasteiger partial charge on any atom is -0.307 e. The molecule has 0 aliphatic carbocycles. The van der Waals surface area contributed by atoms with Crippen molar-refractivity contribution in [2.45, 2.75) is 38.8 Å². The molecule has 0 aromatic carbocycles. The van der Waals surface area contributed by atoms with Crippen molar-refractivity contribution < 1.29 is 8.42 Å². The van der Waals surface area contributed by atoms with Gasteiger partial charge in [-0.15, -0.1) is 0 Å². The molecule has 0 spiro atoms. The van der Waals surface area contributed by atoms with E-state index in [2.05, 4.69) is 19.2 Å². The summed E-state index contributed by atoms with van der Waals surface area (Å²) < 4.78 is 22.1. The van der Waals surface area contributed by atoms with Crippen molar-refractivity contribution in [3.05, 3.63) is 11.5 Å². The van der Waals surface area contributed by atoms with Gasteiger partial charge in [-0.05, 0) is 12.8 Å².